The van der Waals surface area contributed by atoms with Gasteiger partial charge in [-0.25, -0.2) is 0 Å². The van der Waals surface area contributed by atoms with Crippen LogP contribution in [0.3, 0.4) is 0 Å². The summed E-state index contributed by atoms with van der Waals surface area (Å²) in [7, 11) is 1.97. The van der Waals surface area contributed by atoms with Gasteiger partial charge in [0.25, 0.3) is 5.97 Å². The molecule has 3 aromatic carbocycles. The maximum atomic E-state index is 15.0. The van der Waals surface area contributed by atoms with E-state index in [9.17, 15) is 48.9 Å². The third-order valence-corrected chi connectivity index (χ3v) is 16.9. The number of carboxylic acid groups (broad SMARTS) is 1. The van der Waals surface area contributed by atoms with Crippen molar-refractivity contribution in [2.75, 3.05) is 63.9 Å². The number of aliphatic hydroxyl groups is 2. The van der Waals surface area contributed by atoms with Gasteiger partial charge < -0.3 is 79.4 Å². The summed E-state index contributed by atoms with van der Waals surface area (Å²) >= 11 is 0. The topological polar surface area (TPSA) is 422 Å². The Hall–Kier alpha value is -7.80. The third-order valence-electron chi connectivity index (χ3n) is 14.5. The number of piperazine rings is 1. The van der Waals surface area contributed by atoms with Crippen molar-refractivity contribution in [3.8, 4) is 5.75 Å². The summed E-state index contributed by atoms with van der Waals surface area (Å²) in [6, 6.07) is 10.9. The number of nitrogens with zero attached hydrogens (tertiary/aromatic N) is 2. The molecule has 9 atom stereocenters. The van der Waals surface area contributed by atoms with Crippen LogP contribution in [0.15, 0.2) is 85.1 Å². The number of para-hydroxylation sites is 1. The van der Waals surface area contributed by atoms with Gasteiger partial charge in [-0.1, -0.05) is 89.2 Å². The highest BCUT2D eigenvalue weighted by Crippen LogP contribution is 2.25. The Morgan fingerprint density at radius 1 is 0.716 bits per heavy atom. The molecule has 29 heteroatoms. The second kappa shape index (κ2) is 36.5. The predicted octanol–water partition coefficient (Wildman–Crippen LogP) is -1.72. The predicted molar refractivity (Wildman–Crippen MR) is 332 cm³/mol. The molecule has 2 aliphatic rings. The minimum absolute atomic E-state index is 0.00114. The number of hydrogen-bond acceptors (Lipinski definition) is 18. The van der Waals surface area contributed by atoms with Gasteiger partial charge in [0, 0.05) is 87.5 Å². The molecule has 3 heterocycles. The van der Waals surface area contributed by atoms with Crippen LogP contribution in [0.5, 0.6) is 5.75 Å². The Kier molecular flexibility index (Phi) is 29.4. The Bertz CT molecular complexity index is 2970. The van der Waals surface area contributed by atoms with E-state index in [-0.39, 0.29) is 69.1 Å². The fraction of sp³-hybridized carbons (Fsp3) is 0.492. The number of aliphatic hydroxyl groups excluding tert-OH is 2. The first-order valence-corrected chi connectivity index (χ1v) is 31.5. The first kappa shape index (κ1) is 71.0. The van der Waals surface area contributed by atoms with Gasteiger partial charge >= 0.3 is 0 Å². The van der Waals surface area contributed by atoms with Crippen molar-refractivity contribution in [2.24, 2.45) is 11.5 Å². The van der Waals surface area contributed by atoms with Crippen LogP contribution in [0.4, 0.5) is 0 Å². The van der Waals surface area contributed by atoms with Crippen molar-refractivity contribution in [1.29, 1.82) is 0 Å². The highest BCUT2D eigenvalue weighted by molar-refractivity contribution is 8.76. The number of carbonyl (C=O) groups excluding carboxylic acids is 9. The number of carbonyl (C=O) groups is 10. The summed E-state index contributed by atoms with van der Waals surface area (Å²) in [4.78, 5) is 145. The quantitative estimate of drug-likeness (QED) is 0.0307. The van der Waals surface area contributed by atoms with Crippen molar-refractivity contribution < 1.29 is 68.4 Å². The van der Waals surface area contributed by atoms with Crippen LogP contribution in [0.2, 0.25) is 0 Å². The summed E-state index contributed by atoms with van der Waals surface area (Å²) in [5.74, 6) is -8.74. The Labute approximate surface area is 518 Å². The van der Waals surface area contributed by atoms with Gasteiger partial charge in [0.2, 0.25) is 53.2 Å². The number of aromatic amines is 1. The second-order valence-electron chi connectivity index (χ2n) is 21.4. The molecule has 17 N–H and O–H groups in total. The molecule has 0 saturated carbocycles. The zero-order valence-electron chi connectivity index (χ0n) is 49.5. The molecule has 2 fully saturated rings. The van der Waals surface area contributed by atoms with Gasteiger partial charge in [0.15, 0.2) is 0 Å². The Morgan fingerprint density at radius 2 is 1.30 bits per heavy atom. The molecule has 88 heavy (non-hydrogen) atoms. The lowest BCUT2D eigenvalue weighted by molar-refractivity contribution is -0.136. The molecular formula is C59H83N13O14S2. The van der Waals surface area contributed by atoms with Crippen LogP contribution in [-0.4, -0.2) is 213 Å². The van der Waals surface area contributed by atoms with E-state index < -0.39 is 114 Å². The summed E-state index contributed by atoms with van der Waals surface area (Å²) in [6.45, 7) is 6.98. The smallest absolute Gasteiger partial charge is 0.300 e. The third kappa shape index (κ3) is 23.4. The van der Waals surface area contributed by atoms with Crippen LogP contribution < -0.4 is 54.0 Å². The van der Waals surface area contributed by atoms with Crippen LogP contribution in [-0.2, 0) is 67.2 Å². The summed E-state index contributed by atoms with van der Waals surface area (Å²) in [6.07, 6.45) is 0.824. The number of nitrogens with one attached hydrogen (secondary N) is 9. The number of primary amides is 1. The monoisotopic (exact) mass is 1260 g/mol. The normalized spacial score (nSPS) is 21.5. The van der Waals surface area contributed by atoms with Crippen LogP contribution in [0, 0.1) is 0 Å². The van der Waals surface area contributed by atoms with Gasteiger partial charge in [-0.15, -0.1) is 0 Å². The highest BCUT2D eigenvalue weighted by Gasteiger charge is 2.36. The van der Waals surface area contributed by atoms with Crippen molar-refractivity contribution >= 4 is 91.6 Å². The van der Waals surface area contributed by atoms with E-state index >= 15 is 9.59 Å². The maximum Gasteiger partial charge on any atom is 0.300 e. The molecule has 9 amide bonds. The first-order chi connectivity index (χ1) is 42.1. The molecule has 1 aromatic heterocycles. The minimum atomic E-state index is -1.58. The fourth-order valence-corrected chi connectivity index (χ4v) is 12.0. The second-order valence-corrected chi connectivity index (χ2v) is 23.9. The van der Waals surface area contributed by atoms with E-state index in [2.05, 4.69) is 52.4 Å². The van der Waals surface area contributed by atoms with Gasteiger partial charge in [0.1, 0.15) is 54.1 Å². The minimum Gasteiger partial charge on any atom is -0.508 e. The number of aromatic hydroxyl groups is 1. The van der Waals surface area contributed by atoms with Crippen molar-refractivity contribution in [3.05, 3.63) is 102 Å². The lowest BCUT2D eigenvalue weighted by Gasteiger charge is -2.34. The molecule has 2 aliphatic heterocycles. The number of benzene rings is 3. The zero-order valence-corrected chi connectivity index (χ0v) is 51.2. The Balaban J connectivity index is 0.00000342. The van der Waals surface area contributed by atoms with Gasteiger partial charge in [0.05, 0.1) is 19.3 Å². The van der Waals surface area contributed by atoms with Gasteiger partial charge in [-0.3, -0.25) is 57.7 Å². The number of fused-ring (bicyclic) bond motifs is 1. The largest absolute Gasteiger partial charge is 0.508 e. The number of phenols is 1. The van der Waals surface area contributed by atoms with E-state index in [4.69, 9.17) is 21.4 Å². The number of aromatic nitrogens is 1. The number of phenolic OH excluding ortho intramolecular Hbond substituents is 1. The lowest BCUT2D eigenvalue weighted by Crippen LogP contribution is -2.61. The van der Waals surface area contributed by atoms with E-state index in [1.54, 1.807) is 55.6 Å². The van der Waals surface area contributed by atoms with E-state index in [1.807, 2.05) is 29.2 Å². The SMILES string of the molecule is CC(=O)O.CC[C@H]1NC(=O)[C@H](CCCCN)NC(=O)[C@H](Cc2c[nH]c3ccccc23)NC(=O)[C@@H](Cc2ccc(O)cc2)NC(=O)[C@H](NC(=O)[C@H](Cc2ccccc2)NC(=O)CN2CCN(CCO)CC2)CSSC[C@H](C(=O)N[C@H](C(N)=O)[C@H](C)O)NC1=O. The molecule has 0 bridgehead atoms. The Morgan fingerprint density at radius 3 is 1.93 bits per heavy atom. The number of unbranched alkanes of at least 4 members (excludes halogenated alkanes) is 1. The molecule has 6 rings (SSSR count). The van der Waals surface area contributed by atoms with Gasteiger partial charge in [-0.05, 0) is 74.0 Å². The molecule has 4 aromatic rings. The van der Waals surface area contributed by atoms with E-state index in [0.29, 0.717) is 62.3 Å². The van der Waals surface area contributed by atoms with Crippen LogP contribution >= 0.6 is 21.6 Å². The number of carboxylic acids is 1. The summed E-state index contributed by atoms with van der Waals surface area (Å²) in [5, 5.41) is 60.0. The number of H-pyrrole nitrogens is 1. The van der Waals surface area contributed by atoms with Gasteiger partial charge in [-0.2, -0.15) is 0 Å². The van der Waals surface area contributed by atoms with Crippen molar-refractivity contribution in [1.82, 2.24) is 57.3 Å². The zero-order chi connectivity index (χ0) is 64.3. The molecule has 2 saturated heterocycles. The van der Waals surface area contributed by atoms with E-state index in [1.165, 1.54) is 19.1 Å². The van der Waals surface area contributed by atoms with Crippen molar-refractivity contribution in [3.63, 3.8) is 0 Å². The lowest BCUT2D eigenvalue weighted by atomic mass is 10.0. The van der Waals surface area contributed by atoms with Crippen LogP contribution in [0.25, 0.3) is 10.9 Å². The first-order valence-electron chi connectivity index (χ1n) is 29.0. The number of β-amino-alcohol motifs (C(OH)–C–C–N with tert-alkyl or cyclic N) is 1. The number of aliphatic carboxylic acids is 1. The molecule has 0 radical (unpaired) electrons. The molecule has 0 aliphatic carbocycles. The molecular weight excluding hydrogens is 1180 g/mol. The number of hydrogen-bond donors (Lipinski definition) is 15. The van der Waals surface area contributed by atoms with Crippen molar-refractivity contribution in [2.45, 2.75) is 120 Å². The average molecular weight is 1260 g/mol. The fourth-order valence-electron chi connectivity index (χ4n) is 9.65. The number of rotatable bonds is 22. The highest BCUT2D eigenvalue weighted by atomic mass is 33.1. The average Bonchev–Trinajstić information content (AvgIpc) is 3.72. The summed E-state index contributed by atoms with van der Waals surface area (Å²) in [5.41, 5.74) is 13.9. The van der Waals surface area contributed by atoms with Crippen LogP contribution in [0.1, 0.15) is 63.1 Å². The molecule has 0 unspecified atom stereocenters. The van der Waals surface area contributed by atoms with E-state index in [0.717, 1.165) is 39.4 Å². The maximum absolute atomic E-state index is 15.0. The standard InChI is InChI=1S/C57H79N13O12S2.C2H4O2/c1-3-40-51(76)66-47(57(82)68-49(34(2)72)50(59)75)33-84-83-32-46(67-53(78)43(27-35-11-5-4-6-12-35)61-48(74)31-70-23-21-69(22-24-70)25-26-71)56(81)64-44(28-36-16-18-38(73)19-17-36)54(79)65-45(29-37-30-60-41-14-8-7-13-39(37)41)55(80)63-42(52(77)62-40)15-9-10-20-58;1-2(3)4/h4-8,11-14,16-19,30,34,40,42-47,49,60,71-73H,3,9-10,15,20-29,31-33,58H2,1-2H3,(H2,59,75)(H,61,74)(H,62,77)(H,63,80)(H,64,81)(H,65,79)(H,66,76)(H,67,78)(H,68,82);1H3,(H,3,4)/t34-,40+,42-,43-,44+,45-,46+,47+,49-;/m0./s1. The molecule has 0 spiro atoms. The number of amides is 9. The number of nitrogens with two attached hydrogens (primary N) is 2. The summed E-state index contributed by atoms with van der Waals surface area (Å²) < 4.78 is 0. The molecule has 27 nitrogen and oxygen atoms in total. The molecule has 480 valence electrons.